The molecular weight excluding hydrogens is 237 g/mol. The Morgan fingerprint density at radius 1 is 1.41 bits per heavy atom. The Labute approximate surface area is 104 Å². The zero-order valence-corrected chi connectivity index (χ0v) is 10.4. The minimum Gasteiger partial charge on any atom is -0.261 e. The summed E-state index contributed by atoms with van der Waals surface area (Å²) in [6.45, 7) is 2.90. The molecule has 0 bridgehead atoms. The van der Waals surface area contributed by atoms with E-state index in [-0.39, 0.29) is 5.82 Å². The van der Waals surface area contributed by atoms with Crippen LogP contribution in [0.1, 0.15) is 18.9 Å². The average molecular weight is 251 g/mol. The molecule has 0 aromatic heterocycles. The van der Waals surface area contributed by atoms with E-state index in [1.54, 1.807) is 23.9 Å². The first kappa shape index (κ1) is 12.1. The summed E-state index contributed by atoms with van der Waals surface area (Å²) >= 11 is 1.62. The van der Waals surface area contributed by atoms with Crippen LogP contribution in [0, 0.1) is 5.82 Å². The van der Waals surface area contributed by atoms with Crippen LogP contribution in [-0.4, -0.2) is 23.2 Å². The zero-order valence-electron chi connectivity index (χ0n) is 9.61. The normalized spacial score (nSPS) is 17.8. The number of halogens is 1. The second-order valence-electron chi connectivity index (χ2n) is 3.65. The minimum absolute atomic E-state index is 0.226. The van der Waals surface area contributed by atoms with Crippen molar-refractivity contribution in [3.8, 4) is 0 Å². The Morgan fingerprint density at radius 3 is 2.76 bits per heavy atom. The third kappa shape index (κ3) is 3.30. The molecule has 1 heterocycles. The Kier molecular flexibility index (Phi) is 4.14. The van der Waals surface area contributed by atoms with Crippen molar-refractivity contribution in [2.45, 2.75) is 13.3 Å². The van der Waals surface area contributed by atoms with Gasteiger partial charge in [-0.3, -0.25) is 10.4 Å². The van der Waals surface area contributed by atoms with Gasteiger partial charge in [-0.25, -0.2) is 4.39 Å². The Hall–Kier alpha value is -1.36. The first-order valence-electron chi connectivity index (χ1n) is 5.55. The van der Waals surface area contributed by atoms with Gasteiger partial charge in [0, 0.05) is 12.3 Å². The summed E-state index contributed by atoms with van der Waals surface area (Å²) in [7, 11) is 0. The van der Waals surface area contributed by atoms with Crippen LogP contribution in [0.15, 0.2) is 34.4 Å². The predicted octanol–water partition coefficient (Wildman–Crippen LogP) is 2.63. The van der Waals surface area contributed by atoms with Crippen molar-refractivity contribution >= 4 is 22.6 Å². The fraction of sp³-hybridized carbons (Fsp3) is 0.333. The highest BCUT2D eigenvalue weighted by Gasteiger charge is 2.12. The molecule has 0 amide bonds. The molecule has 5 heteroatoms. The third-order valence-corrected chi connectivity index (χ3v) is 3.20. The van der Waals surface area contributed by atoms with Crippen LogP contribution in [-0.2, 0) is 0 Å². The van der Waals surface area contributed by atoms with E-state index in [0.29, 0.717) is 0 Å². The molecule has 0 atom stereocenters. The zero-order chi connectivity index (χ0) is 12.1. The summed E-state index contributed by atoms with van der Waals surface area (Å²) in [6.07, 6.45) is 1.03. The number of rotatable bonds is 3. The number of hydrazone groups is 1. The van der Waals surface area contributed by atoms with Crippen molar-refractivity contribution < 1.29 is 4.39 Å². The molecule has 1 aromatic carbocycles. The molecule has 1 aromatic rings. The van der Waals surface area contributed by atoms with Crippen molar-refractivity contribution in [2.24, 2.45) is 10.1 Å². The lowest BCUT2D eigenvalue weighted by atomic mass is 10.1. The lowest BCUT2D eigenvalue weighted by molar-refractivity contribution is 0.628. The Morgan fingerprint density at radius 2 is 2.18 bits per heavy atom. The van der Waals surface area contributed by atoms with E-state index < -0.39 is 0 Å². The topological polar surface area (TPSA) is 36.8 Å². The first-order chi connectivity index (χ1) is 8.29. The van der Waals surface area contributed by atoms with Crippen LogP contribution < -0.4 is 5.43 Å². The van der Waals surface area contributed by atoms with Crippen LogP contribution in [0.5, 0.6) is 0 Å². The van der Waals surface area contributed by atoms with E-state index in [1.807, 2.05) is 0 Å². The summed E-state index contributed by atoms with van der Waals surface area (Å²) in [4.78, 5) is 4.35. The lowest BCUT2D eigenvalue weighted by Gasteiger charge is -2.14. The van der Waals surface area contributed by atoms with Gasteiger partial charge in [0.2, 0.25) is 0 Å². The molecular formula is C12H14FN3S. The van der Waals surface area contributed by atoms with Gasteiger partial charge in [0.15, 0.2) is 5.17 Å². The lowest BCUT2D eigenvalue weighted by Crippen LogP contribution is -2.25. The van der Waals surface area contributed by atoms with Gasteiger partial charge in [0.25, 0.3) is 0 Å². The summed E-state index contributed by atoms with van der Waals surface area (Å²) < 4.78 is 12.8. The van der Waals surface area contributed by atoms with Crippen molar-refractivity contribution in [2.75, 3.05) is 12.3 Å². The second-order valence-corrected chi connectivity index (χ2v) is 4.62. The van der Waals surface area contributed by atoms with Crippen molar-refractivity contribution in [1.29, 1.82) is 0 Å². The van der Waals surface area contributed by atoms with Gasteiger partial charge < -0.3 is 0 Å². The monoisotopic (exact) mass is 251 g/mol. The fourth-order valence-electron chi connectivity index (χ4n) is 1.40. The van der Waals surface area contributed by atoms with Gasteiger partial charge in [-0.1, -0.05) is 30.8 Å². The molecule has 1 N–H and O–H groups in total. The maximum atomic E-state index is 12.8. The SMILES string of the molecule is CCCN=C1NN=C(c2ccc(F)cc2)CS1. The van der Waals surface area contributed by atoms with Crippen LogP contribution in [0.4, 0.5) is 4.39 Å². The number of benzene rings is 1. The van der Waals surface area contributed by atoms with E-state index in [4.69, 9.17) is 0 Å². The van der Waals surface area contributed by atoms with Gasteiger partial charge in [-0.05, 0) is 24.1 Å². The number of hydrogen-bond donors (Lipinski definition) is 1. The number of nitrogens with zero attached hydrogens (tertiary/aromatic N) is 2. The molecule has 90 valence electrons. The van der Waals surface area contributed by atoms with Gasteiger partial charge in [-0.2, -0.15) is 5.10 Å². The Balaban J connectivity index is 2.05. The Bertz CT molecular complexity index is 440. The van der Waals surface area contributed by atoms with Crippen LogP contribution in [0.3, 0.4) is 0 Å². The number of hydrogen-bond acceptors (Lipinski definition) is 3. The van der Waals surface area contributed by atoms with E-state index in [2.05, 4.69) is 22.4 Å². The maximum absolute atomic E-state index is 12.8. The summed E-state index contributed by atoms with van der Waals surface area (Å²) in [5.41, 5.74) is 4.79. The summed E-state index contributed by atoms with van der Waals surface area (Å²) in [5.74, 6) is 0.539. The number of aliphatic imine (C=N–C) groups is 1. The second kappa shape index (κ2) is 5.82. The van der Waals surface area contributed by atoms with Crippen molar-refractivity contribution in [3.05, 3.63) is 35.6 Å². The van der Waals surface area contributed by atoms with E-state index in [9.17, 15) is 4.39 Å². The molecule has 0 spiro atoms. The summed E-state index contributed by atoms with van der Waals surface area (Å²) in [5, 5.41) is 5.12. The molecule has 0 saturated heterocycles. The smallest absolute Gasteiger partial charge is 0.177 e. The standard InChI is InChI=1S/C12H14FN3S/c1-2-7-14-12-16-15-11(8-17-12)9-3-5-10(13)6-4-9/h3-6H,2,7-8H2,1H3,(H,14,16). The molecule has 3 nitrogen and oxygen atoms in total. The van der Waals surface area contributed by atoms with Gasteiger partial charge in [0.05, 0.1) is 5.71 Å². The highest BCUT2D eigenvalue weighted by molar-refractivity contribution is 8.14. The molecule has 0 fully saturated rings. The maximum Gasteiger partial charge on any atom is 0.177 e. The van der Waals surface area contributed by atoms with E-state index in [0.717, 1.165) is 35.2 Å². The molecule has 0 aliphatic carbocycles. The molecule has 0 saturated carbocycles. The van der Waals surface area contributed by atoms with Gasteiger partial charge in [-0.15, -0.1) is 0 Å². The van der Waals surface area contributed by atoms with Crippen molar-refractivity contribution in [3.63, 3.8) is 0 Å². The van der Waals surface area contributed by atoms with Crippen LogP contribution in [0.25, 0.3) is 0 Å². The van der Waals surface area contributed by atoms with E-state index in [1.165, 1.54) is 12.1 Å². The third-order valence-electron chi connectivity index (χ3n) is 2.29. The van der Waals surface area contributed by atoms with Crippen molar-refractivity contribution in [1.82, 2.24) is 5.43 Å². The van der Waals surface area contributed by atoms with E-state index >= 15 is 0 Å². The number of nitrogens with one attached hydrogen (secondary N) is 1. The largest absolute Gasteiger partial charge is 0.261 e. The fourth-order valence-corrected chi connectivity index (χ4v) is 2.20. The quantitative estimate of drug-likeness (QED) is 0.896. The molecule has 2 rings (SSSR count). The minimum atomic E-state index is -0.226. The first-order valence-corrected chi connectivity index (χ1v) is 6.54. The number of thioether (sulfide) groups is 1. The highest BCUT2D eigenvalue weighted by Crippen LogP contribution is 2.14. The molecule has 1 aliphatic rings. The molecule has 0 radical (unpaired) electrons. The highest BCUT2D eigenvalue weighted by atomic mass is 32.2. The predicted molar refractivity (Wildman–Crippen MR) is 71.1 cm³/mol. The summed E-state index contributed by atoms with van der Waals surface area (Å²) in [6, 6.07) is 6.38. The van der Waals surface area contributed by atoms with Gasteiger partial charge in [0.1, 0.15) is 5.82 Å². The van der Waals surface area contributed by atoms with Gasteiger partial charge >= 0.3 is 0 Å². The number of amidine groups is 1. The van der Waals surface area contributed by atoms with Crippen LogP contribution in [0.2, 0.25) is 0 Å². The average Bonchev–Trinajstić information content (AvgIpc) is 2.38. The molecule has 0 unspecified atom stereocenters. The van der Waals surface area contributed by atoms with Crippen LogP contribution >= 0.6 is 11.8 Å². The molecule has 1 aliphatic heterocycles. The molecule has 17 heavy (non-hydrogen) atoms.